The summed E-state index contributed by atoms with van der Waals surface area (Å²) in [6.07, 6.45) is -6.66. The molecule has 17 heavy (non-hydrogen) atoms. The summed E-state index contributed by atoms with van der Waals surface area (Å²) < 4.78 is 36.1. The molecule has 1 rings (SSSR count). The summed E-state index contributed by atoms with van der Waals surface area (Å²) in [6, 6.07) is 3.29. The van der Waals surface area contributed by atoms with E-state index in [1.54, 1.807) is 26.0 Å². The highest BCUT2D eigenvalue weighted by molar-refractivity contribution is 6.31. The molecule has 0 fully saturated rings. The number of aliphatic hydroxyl groups is 1. The first-order valence-corrected chi connectivity index (χ1v) is 5.60. The molecule has 0 radical (unpaired) electrons. The number of benzene rings is 1. The van der Waals surface area contributed by atoms with Crippen molar-refractivity contribution < 1.29 is 18.3 Å². The Kier molecular flexibility index (Phi) is 4.44. The maximum atomic E-state index is 12.0. The Hall–Kier alpha value is -0.740. The highest BCUT2D eigenvalue weighted by Crippen LogP contribution is 2.31. The van der Waals surface area contributed by atoms with Gasteiger partial charge in [-0.1, -0.05) is 17.7 Å². The molecule has 0 aliphatic heterocycles. The van der Waals surface area contributed by atoms with Gasteiger partial charge in [0.1, 0.15) is 0 Å². The molecule has 1 N–H and O–H groups in total. The van der Waals surface area contributed by atoms with Crippen molar-refractivity contribution in [2.24, 2.45) is 0 Å². The van der Waals surface area contributed by atoms with Crippen LogP contribution in [0.1, 0.15) is 35.6 Å². The minimum Gasteiger partial charge on any atom is -0.388 e. The Bertz CT molecular complexity index is 401. The first-order valence-electron chi connectivity index (χ1n) is 5.22. The lowest BCUT2D eigenvalue weighted by Crippen LogP contribution is -2.10. The number of alkyl halides is 3. The van der Waals surface area contributed by atoms with Gasteiger partial charge in [0.2, 0.25) is 0 Å². The molecule has 0 bridgehead atoms. The Morgan fingerprint density at radius 2 is 1.82 bits per heavy atom. The lowest BCUT2D eigenvalue weighted by atomic mass is 9.98. The van der Waals surface area contributed by atoms with Crippen LogP contribution in [0.25, 0.3) is 0 Å². The molecule has 1 nitrogen and oxygen atoms in total. The van der Waals surface area contributed by atoms with Crippen molar-refractivity contribution in [1.82, 2.24) is 0 Å². The fourth-order valence-electron chi connectivity index (χ4n) is 1.62. The largest absolute Gasteiger partial charge is 0.389 e. The molecular formula is C12H14ClF3O. The summed E-state index contributed by atoms with van der Waals surface area (Å²) in [5.41, 5.74) is 1.96. The third-order valence-electron chi connectivity index (χ3n) is 2.61. The second-order valence-corrected chi connectivity index (χ2v) is 4.53. The summed E-state index contributed by atoms with van der Waals surface area (Å²) in [4.78, 5) is 0. The molecule has 5 heteroatoms. The second kappa shape index (κ2) is 5.27. The van der Waals surface area contributed by atoms with Gasteiger partial charge in [-0.05, 0) is 43.0 Å². The number of aliphatic hydroxyl groups excluding tert-OH is 1. The Labute approximate surface area is 103 Å². The minimum absolute atomic E-state index is 0.328. The lowest BCUT2D eigenvalue weighted by Gasteiger charge is -2.16. The van der Waals surface area contributed by atoms with Gasteiger partial charge in [0, 0.05) is 11.4 Å². The van der Waals surface area contributed by atoms with Crippen LogP contribution in [0.5, 0.6) is 0 Å². The second-order valence-electron chi connectivity index (χ2n) is 4.13. The van der Waals surface area contributed by atoms with Gasteiger partial charge in [0.05, 0.1) is 6.10 Å². The molecule has 96 valence electrons. The molecule has 1 atom stereocenters. The maximum Gasteiger partial charge on any atom is 0.389 e. The number of aryl methyl sites for hydroxylation is 2. The van der Waals surface area contributed by atoms with Crippen LogP contribution in [0.15, 0.2) is 12.1 Å². The highest BCUT2D eigenvalue weighted by Gasteiger charge is 2.28. The van der Waals surface area contributed by atoms with Crippen molar-refractivity contribution >= 4 is 11.6 Å². The van der Waals surface area contributed by atoms with E-state index in [9.17, 15) is 18.3 Å². The molecule has 1 aromatic carbocycles. The van der Waals surface area contributed by atoms with E-state index in [0.29, 0.717) is 16.1 Å². The molecule has 0 aromatic heterocycles. The molecule has 0 spiro atoms. The van der Waals surface area contributed by atoms with Crippen molar-refractivity contribution in [1.29, 1.82) is 0 Å². The van der Waals surface area contributed by atoms with Gasteiger partial charge in [0.15, 0.2) is 0 Å². The van der Waals surface area contributed by atoms with Gasteiger partial charge in [-0.15, -0.1) is 0 Å². The number of hydrogen-bond donors (Lipinski definition) is 1. The molecule has 0 aliphatic rings. The van der Waals surface area contributed by atoms with E-state index < -0.39 is 18.7 Å². The first kappa shape index (κ1) is 14.3. The smallest absolute Gasteiger partial charge is 0.388 e. The summed E-state index contributed by atoms with van der Waals surface area (Å²) in [6.45, 7) is 3.47. The van der Waals surface area contributed by atoms with Gasteiger partial charge in [-0.3, -0.25) is 0 Å². The number of rotatable bonds is 3. The van der Waals surface area contributed by atoms with Gasteiger partial charge < -0.3 is 5.11 Å². The fourth-order valence-corrected chi connectivity index (χ4v) is 1.84. The predicted octanol–water partition coefficient (Wildman–Crippen LogP) is 4.33. The Balaban J connectivity index is 2.82. The van der Waals surface area contributed by atoms with Gasteiger partial charge in [-0.25, -0.2) is 0 Å². The van der Waals surface area contributed by atoms with Crippen LogP contribution in [0.4, 0.5) is 13.2 Å². The van der Waals surface area contributed by atoms with Gasteiger partial charge >= 0.3 is 6.18 Å². The van der Waals surface area contributed by atoms with Crippen molar-refractivity contribution in [3.63, 3.8) is 0 Å². The standard InChI is InChI=1S/C12H14ClF3O/c1-7-6-10(13)8(2)5-9(7)11(17)3-4-12(14,15)16/h5-6,11,17H,3-4H2,1-2H3. The van der Waals surface area contributed by atoms with Crippen LogP contribution in [-0.4, -0.2) is 11.3 Å². The summed E-state index contributed by atoms with van der Waals surface area (Å²) in [5.74, 6) is 0. The molecule has 1 aromatic rings. The molecule has 0 saturated carbocycles. The van der Waals surface area contributed by atoms with Gasteiger partial charge in [0.25, 0.3) is 0 Å². The average Bonchev–Trinajstić information content (AvgIpc) is 2.19. The van der Waals surface area contributed by atoms with Crippen LogP contribution in [-0.2, 0) is 0 Å². The van der Waals surface area contributed by atoms with Crippen LogP contribution in [0.3, 0.4) is 0 Å². The molecule has 0 amide bonds. The monoisotopic (exact) mass is 266 g/mol. The number of halogens is 4. The number of hydrogen-bond acceptors (Lipinski definition) is 1. The van der Waals surface area contributed by atoms with Crippen molar-refractivity contribution in [2.75, 3.05) is 0 Å². The lowest BCUT2D eigenvalue weighted by molar-refractivity contribution is -0.140. The molecule has 0 saturated heterocycles. The Morgan fingerprint density at radius 1 is 1.24 bits per heavy atom. The molecule has 1 unspecified atom stereocenters. The zero-order valence-electron chi connectivity index (χ0n) is 9.61. The average molecular weight is 267 g/mol. The van der Waals surface area contributed by atoms with Crippen LogP contribution < -0.4 is 0 Å². The SMILES string of the molecule is Cc1cc(C(O)CCC(F)(F)F)c(C)cc1Cl. The van der Waals surface area contributed by atoms with E-state index in [-0.39, 0.29) is 6.42 Å². The van der Waals surface area contributed by atoms with Crippen LogP contribution in [0.2, 0.25) is 5.02 Å². The van der Waals surface area contributed by atoms with Crippen molar-refractivity contribution in [2.45, 2.75) is 39.0 Å². The molecule has 0 heterocycles. The Morgan fingerprint density at radius 3 is 2.35 bits per heavy atom. The third kappa shape index (κ3) is 4.21. The molecular weight excluding hydrogens is 253 g/mol. The quantitative estimate of drug-likeness (QED) is 0.863. The third-order valence-corrected chi connectivity index (χ3v) is 3.01. The highest BCUT2D eigenvalue weighted by atomic mass is 35.5. The van der Waals surface area contributed by atoms with Crippen molar-refractivity contribution in [3.8, 4) is 0 Å². The van der Waals surface area contributed by atoms with E-state index in [1.807, 2.05) is 0 Å². The van der Waals surface area contributed by atoms with E-state index >= 15 is 0 Å². The summed E-state index contributed by atoms with van der Waals surface area (Å²) >= 11 is 5.88. The zero-order chi connectivity index (χ0) is 13.2. The predicted molar refractivity (Wildman–Crippen MR) is 61.2 cm³/mol. The topological polar surface area (TPSA) is 20.2 Å². The van der Waals surface area contributed by atoms with E-state index in [1.165, 1.54) is 0 Å². The van der Waals surface area contributed by atoms with E-state index in [4.69, 9.17) is 11.6 Å². The molecule has 0 aliphatic carbocycles. The zero-order valence-corrected chi connectivity index (χ0v) is 10.4. The minimum atomic E-state index is -4.24. The summed E-state index contributed by atoms with van der Waals surface area (Å²) in [7, 11) is 0. The van der Waals surface area contributed by atoms with E-state index in [2.05, 4.69) is 0 Å². The summed E-state index contributed by atoms with van der Waals surface area (Å²) in [5, 5.41) is 10.3. The van der Waals surface area contributed by atoms with Crippen LogP contribution >= 0.6 is 11.6 Å². The van der Waals surface area contributed by atoms with Crippen LogP contribution in [0, 0.1) is 13.8 Å². The van der Waals surface area contributed by atoms with E-state index in [0.717, 1.165) is 5.56 Å². The fraction of sp³-hybridized carbons (Fsp3) is 0.500. The van der Waals surface area contributed by atoms with Crippen molar-refractivity contribution in [3.05, 3.63) is 33.8 Å². The first-order chi connectivity index (χ1) is 7.70. The normalized spacial score (nSPS) is 13.8. The maximum absolute atomic E-state index is 12.0. The van der Waals surface area contributed by atoms with Gasteiger partial charge in [-0.2, -0.15) is 13.2 Å².